The second-order valence-electron chi connectivity index (χ2n) is 3.17. The highest BCUT2D eigenvalue weighted by Crippen LogP contribution is 2.31. The van der Waals surface area contributed by atoms with Gasteiger partial charge in [-0.15, -0.1) is 0 Å². The van der Waals surface area contributed by atoms with Crippen LogP contribution in [0.3, 0.4) is 0 Å². The zero-order valence-corrected chi connectivity index (χ0v) is 7.92. The van der Waals surface area contributed by atoms with Gasteiger partial charge in [-0.25, -0.2) is 0 Å². The van der Waals surface area contributed by atoms with E-state index in [-0.39, 0.29) is 12.3 Å². The van der Waals surface area contributed by atoms with Crippen molar-refractivity contribution >= 4 is 23.7 Å². The Bertz CT molecular complexity index is 210. The molecule has 13 heavy (non-hydrogen) atoms. The summed E-state index contributed by atoms with van der Waals surface area (Å²) in [6.45, 7) is 0. The molecule has 1 heterocycles. The highest BCUT2D eigenvalue weighted by molar-refractivity contribution is 7.99. The highest BCUT2D eigenvalue weighted by Gasteiger charge is 2.32. The van der Waals surface area contributed by atoms with Gasteiger partial charge in [0.05, 0.1) is 12.3 Å². The molecule has 0 aromatic heterocycles. The number of hydrogen-bond acceptors (Lipinski definition) is 3. The molecule has 1 aliphatic heterocycles. The van der Waals surface area contributed by atoms with Crippen molar-refractivity contribution in [3.8, 4) is 0 Å². The predicted octanol–water partition coefficient (Wildman–Crippen LogP) is 0.915. The van der Waals surface area contributed by atoms with Crippen LogP contribution in [0.5, 0.6) is 0 Å². The van der Waals surface area contributed by atoms with Crippen LogP contribution in [0.4, 0.5) is 0 Å². The van der Waals surface area contributed by atoms with Crippen LogP contribution in [0.25, 0.3) is 0 Å². The van der Waals surface area contributed by atoms with Gasteiger partial charge in [0, 0.05) is 0 Å². The van der Waals surface area contributed by atoms with Crippen LogP contribution in [0.15, 0.2) is 0 Å². The third kappa shape index (κ3) is 2.91. The largest absolute Gasteiger partial charge is 0.481 e. The maximum Gasteiger partial charge on any atom is 0.307 e. The van der Waals surface area contributed by atoms with Gasteiger partial charge in [-0.2, -0.15) is 11.8 Å². The van der Waals surface area contributed by atoms with Gasteiger partial charge < -0.3 is 10.2 Å². The lowest BCUT2D eigenvalue weighted by Crippen LogP contribution is -2.26. The van der Waals surface area contributed by atoms with Crippen molar-refractivity contribution in [2.24, 2.45) is 11.8 Å². The zero-order chi connectivity index (χ0) is 9.84. The van der Waals surface area contributed by atoms with Gasteiger partial charge in [-0.05, 0) is 23.8 Å². The molecule has 0 aliphatic carbocycles. The first-order valence-corrected chi connectivity index (χ1v) is 5.29. The SMILES string of the molecule is O=C(O)CC(C(=O)O)C1CCSC1. The van der Waals surface area contributed by atoms with Gasteiger partial charge in [-0.1, -0.05) is 0 Å². The van der Waals surface area contributed by atoms with Crippen LogP contribution in [0.2, 0.25) is 0 Å². The van der Waals surface area contributed by atoms with Gasteiger partial charge in [0.15, 0.2) is 0 Å². The summed E-state index contributed by atoms with van der Waals surface area (Å²) in [5.74, 6) is -0.927. The Balaban J connectivity index is 2.55. The molecule has 1 aliphatic rings. The highest BCUT2D eigenvalue weighted by atomic mass is 32.2. The van der Waals surface area contributed by atoms with Crippen LogP contribution in [0, 0.1) is 11.8 Å². The summed E-state index contributed by atoms with van der Waals surface area (Å²) in [6, 6.07) is 0. The van der Waals surface area contributed by atoms with Crippen molar-refractivity contribution in [1.29, 1.82) is 0 Å². The fourth-order valence-electron chi connectivity index (χ4n) is 1.51. The number of carboxylic acid groups (broad SMARTS) is 2. The standard InChI is InChI=1S/C8H12O4S/c9-7(10)3-6(8(11)12)5-1-2-13-4-5/h5-6H,1-4H2,(H,9,10)(H,11,12). The molecule has 1 rings (SSSR count). The Morgan fingerprint density at radius 1 is 1.46 bits per heavy atom. The summed E-state index contributed by atoms with van der Waals surface area (Å²) >= 11 is 1.70. The van der Waals surface area contributed by atoms with E-state index in [1.54, 1.807) is 11.8 Å². The van der Waals surface area contributed by atoms with E-state index in [1.165, 1.54) is 0 Å². The molecular formula is C8H12O4S. The minimum atomic E-state index is -1.02. The molecule has 4 nitrogen and oxygen atoms in total. The molecule has 1 saturated heterocycles. The van der Waals surface area contributed by atoms with E-state index >= 15 is 0 Å². The molecule has 0 amide bonds. The molecule has 0 spiro atoms. The van der Waals surface area contributed by atoms with E-state index < -0.39 is 17.9 Å². The molecule has 74 valence electrons. The average Bonchev–Trinajstić information content (AvgIpc) is 2.50. The number of carboxylic acids is 2. The van der Waals surface area contributed by atoms with Crippen LogP contribution in [-0.4, -0.2) is 33.7 Å². The van der Waals surface area contributed by atoms with Gasteiger partial charge >= 0.3 is 11.9 Å². The minimum Gasteiger partial charge on any atom is -0.481 e. The lowest BCUT2D eigenvalue weighted by Gasteiger charge is -2.15. The molecule has 0 aromatic rings. The fraction of sp³-hybridized carbons (Fsp3) is 0.750. The summed E-state index contributed by atoms with van der Waals surface area (Å²) in [5, 5.41) is 17.3. The molecule has 5 heteroatoms. The number of hydrogen-bond donors (Lipinski definition) is 2. The Labute approximate surface area is 80.3 Å². The summed E-state index contributed by atoms with van der Waals surface area (Å²) < 4.78 is 0. The maximum atomic E-state index is 10.7. The van der Waals surface area contributed by atoms with E-state index in [2.05, 4.69) is 0 Å². The van der Waals surface area contributed by atoms with Crippen LogP contribution in [0.1, 0.15) is 12.8 Å². The summed E-state index contributed by atoms with van der Waals surface area (Å²) in [7, 11) is 0. The van der Waals surface area contributed by atoms with E-state index in [9.17, 15) is 9.59 Å². The zero-order valence-electron chi connectivity index (χ0n) is 7.10. The molecule has 0 bridgehead atoms. The summed E-state index contributed by atoms with van der Waals surface area (Å²) in [4.78, 5) is 21.2. The first-order chi connectivity index (χ1) is 6.11. The van der Waals surface area contributed by atoms with Crippen LogP contribution in [-0.2, 0) is 9.59 Å². The quantitative estimate of drug-likeness (QED) is 0.712. The van der Waals surface area contributed by atoms with E-state index in [0.717, 1.165) is 17.9 Å². The molecular weight excluding hydrogens is 192 g/mol. The van der Waals surface area contributed by atoms with Crippen molar-refractivity contribution in [2.75, 3.05) is 11.5 Å². The van der Waals surface area contributed by atoms with Crippen molar-refractivity contribution < 1.29 is 19.8 Å². The lowest BCUT2D eigenvalue weighted by atomic mass is 9.89. The van der Waals surface area contributed by atoms with Crippen molar-refractivity contribution in [3.05, 3.63) is 0 Å². The van der Waals surface area contributed by atoms with Crippen molar-refractivity contribution in [2.45, 2.75) is 12.8 Å². The fourth-order valence-corrected chi connectivity index (χ4v) is 2.85. The molecule has 0 radical (unpaired) electrons. The van der Waals surface area contributed by atoms with Crippen LogP contribution < -0.4 is 0 Å². The second kappa shape index (κ2) is 4.50. The maximum absolute atomic E-state index is 10.7. The van der Waals surface area contributed by atoms with E-state index in [0.29, 0.717) is 0 Å². The van der Waals surface area contributed by atoms with Gasteiger partial charge in [0.25, 0.3) is 0 Å². The number of thioether (sulfide) groups is 1. The molecule has 2 atom stereocenters. The summed E-state index contributed by atoms with van der Waals surface area (Å²) in [5.41, 5.74) is 0. The Morgan fingerprint density at radius 2 is 2.15 bits per heavy atom. The Kier molecular flexibility index (Phi) is 3.59. The van der Waals surface area contributed by atoms with Gasteiger partial charge in [-0.3, -0.25) is 9.59 Å². The molecule has 2 unspecified atom stereocenters. The molecule has 2 N–H and O–H groups in total. The van der Waals surface area contributed by atoms with Gasteiger partial charge in [0.2, 0.25) is 0 Å². The number of carbonyl (C=O) groups is 2. The third-order valence-electron chi connectivity index (χ3n) is 2.25. The smallest absolute Gasteiger partial charge is 0.307 e. The second-order valence-corrected chi connectivity index (χ2v) is 4.32. The molecule has 0 saturated carbocycles. The molecule has 1 fully saturated rings. The van der Waals surface area contributed by atoms with Gasteiger partial charge in [0.1, 0.15) is 0 Å². The predicted molar refractivity (Wildman–Crippen MR) is 48.8 cm³/mol. The monoisotopic (exact) mass is 204 g/mol. The van der Waals surface area contributed by atoms with Crippen molar-refractivity contribution in [1.82, 2.24) is 0 Å². The number of aliphatic carboxylic acids is 2. The van der Waals surface area contributed by atoms with E-state index in [4.69, 9.17) is 10.2 Å². The Hall–Kier alpha value is -0.710. The summed E-state index contributed by atoms with van der Waals surface area (Å²) in [6.07, 6.45) is 0.579. The normalized spacial score (nSPS) is 24.2. The average molecular weight is 204 g/mol. The Morgan fingerprint density at radius 3 is 2.54 bits per heavy atom. The lowest BCUT2D eigenvalue weighted by molar-refractivity contribution is -0.149. The topological polar surface area (TPSA) is 74.6 Å². The number of rotatable bonds is 4. The molecule has 0 aromatic carbocycles. The minimum absolute atomic E-state index is 0.0404. The first-order valence-electron chi connectivity index (χ1n) is 4.13. The third-order valence-corrected chi connectivity index (χ3v) is 3.43. The van der Waals surface area contributed by atoms with Crippen LogP contribution >= 0.6 is 11.8 Å². The van der Waals surface area contributed by atoms with E-state index in [1.807, 2.05) is 0 Å². The first kappa shape index (κ1) is 10.4. The van der Waals surface area contributed by atoms with Crippen molar-refractivity contribution in [3.63, 3.8) is 0 Å².